The van der Waals surface area contributed by atoms with E-state index in [9.17, 15) is 0 Å². The molecule has 4 rings (SSSR count). The molecule has 0 aliphatic carbocycles. The lowest BCUT2D eigenvalue weighted by atomic mass is 10.1. The van der Waals surface area contributed by atoms with Crippen LogP contribution in [0.1, 0.15) is 0 Å². The lowest BCUT2D eigenvalue weighted by Crippen LogP contribution is -1.77. The molecule has 4 aromatic rings. The monoisotopic (exact) mass is 208 g/mol. The Morgan fingerprint density at radius 2 is 1.88 bits per heavy atom. The number of hydrogen-bond acceptors (Lipinski definition) is 2. The van der Waals surface area contributed by atoms with Gasteiger partial charge in [-0.3, -0.25) is 0 Å². The van der Waals surface area contributed by atoms with Gasteiger partial charge in [-0.15, -0.1) is 0 Å². The molecule has 0 radical (unpaired) electrons. The second kappa shape index (κ2) is 2.64. The Morgan fingerprint density at radius 3 is 2.81 bits per heavy atom. The number of rotatable bonds is 0. The Hall–Kier alpha value is -2.29. The van der Waals surface area contributed by atoms with E-state index in [2.05, 4.69) is 22.1 Å². The molecule has 0 saturated heterocycles. The molecule has 16 heavy (non-hydrogen) atoms. The average molecular weight is 208 g/mol. The molecular weight excluding hydrogens is 200 g/mol. The van der Waals surface area contributed by atoms with E-state index in [0.717, 1.165) is 32.8 Å². The summed E-state index contributed by atoms with van der Waals surface area (Å²) in [6.07, 6.45) is 3.44. The molecule has 0 bridgehead atoms. The van der Waals surface area contributed by atoms with Crippen LogP contribution in [0.25, 0.3) is 32.8 Å². The maximum Gasteiger partial charge on any atom is 0.143 e. The Kier molecular flexibility index (Phi) is 1.31. The van der Waals surface area contributed by atoms with Crippen molar-refractivity contribution in [1.82, 2.24) is 9.97 Å². The fraction of sp³-hybridized carbons (Fsp3) is 0. The van der Waals surface area contributed by atoms with Gasteiger partial charge in [0, 0.05) is 16.2 Å². The summed E-state index contributed by atoms with van der Waals surface area (Å²) in [6.45, 7) is 0. The molecule has 3 nitrogen and oxygen atoms in total. The van der Waals surface area contributed by atoms with Crippen molar-refractivity contribution in [2.24, 2.45) is 0 Å². The first-order valence-electron chi connectivity index (χ1n) is 5.16. The molecule has 0 saturated carbocycles. The van der Waals surface area contributed by atoms with Crippen LogP contribution in [0.2, 0.25) is 0 Å². The normalized spacial score (nSPS) is 11.8. The van der Waals surface area contributed by atoms with E-state index in [-0.39, 0.29) is 0 Å². The molecule has 0 atom stereocenters. The Balaban J connectivity index is 2.51. The maximum absolute atomic E-state index is 5.55. The minimum absolute atomic E-state index is 0.912. The molecular formula is C13H8N2O. The van der Waals surface area contributed by atoms with Crippen LogP contribution >= 0.6 is 0 Å². The molecule has 3 heteroatoms. The highest BCUT2D eigenvalue weighted by molar-refractivity contribution is 6.21. The van der Waals surface area contributed by atoms with Crippen molar-refractivity contribution < 1.29 is 4.42 Å². The number of aromatic nitrogens is 2. The van der Waals surface area contributed by atoms with Gasteiger partial charge < -0.3 is 9.40 Å². The third-order valence-corrected chi connectivity index (χ3v) is 3.00. The molecule has 0 amide bonds. The van der Waals surface area contributed by atoms with Gasteiger partial charge in [0.15, 0.2) is 0 Å². The molecule has 0 aliphatic heterocycles. The highest BCUT2D eigenvalue weighted by Crippen LogP contribution is 2.33. The van der Waals surface area contributed by atoms with Crippen LogP contribution in [0.3, 0.4) is 0 Å². The summed E-state index contributed by atoms with van der Waals surface area (Å²) < 4.78 is 5.55. The van der Waals surface area contributed by atoms with E-state index in [0.29, 0.717) is 0 Å². The summed E-state index contributed by atoms with van der Waals surface area (Å²) in [5.74, 6) is 0. The third-order valence-electron chi connectivity index (χ3n) is 3.00. The first-order chi connectivity index (χ1) is 7.95. The van der Waals surface area contributed by atoms with Gasteiger partial charge in [-0.05, 0) is 6.07 Å². The van der Waals surface area contributed by atoms with Gasteiger partial charge >= 0.3 is 0 Å². The molecule has 0 spiro atoms. The molecule has 76 valence electrons. The zero-order valence-electron chi connectivity index (χ0n) is 8.40. The van der Waals surface area contributed by atoms with E-state index in [1.807, 2.05) is 18.2 Å². The first-order valence-corrected chi connectivity index (χ1v) is 5.16. The predicted molar refractivity (Wildman–Crippen MR) is 63.4 cm³/mol. The van der Waals surface area contributed by atoms with Gasteiger partial charge in [0.25, 0.3) is 0 Å². The smallest absolute Gasteiger partial charge is 0.143 e. The number of nitrogens with zero attached hydrogens (tertiary/aromatic N) is 1. The summed E-state index contributed by atoms with van der Waals surface area (Å²) in [6, 6.07) is 10.2. The van der Waals surface area contributed by atoms with Crippen molar-refractivity contribution in [3.8, 4) is 0 Å². The summed E-state index contributed by atoms with van der Waals surface area (Å²) in [4.78, 5) is 7.55. The lowest BCUT2D eigenvalue weighted by molar-refractivity contribution is 0.619. The zero-order valence-corrected chi connectivity index (χ0v) is 8.40. The fourth-order valence-corrected chi connectivity index (χ4v) is 2.31. The van der Waals surface area contributed by atoms with Gasteiger partial charge in [-0.2, -0.15) is 0 Å². The highest BCUT2D eigenvalue weighted by atomic mass is 16.3. The number of H-pyrrole nitrogens is 1. The second-order valence-corrected chi connectivity index (χ2v) is 3.84. The van der Waals surface area contributed by atoms with Gasteiger partial charge in [0.1, 0.15) is 5.58 Å². The fourth-order valence-electron chi connectivity index (χ4n) is 2.31. The van der Waals surface area contributed by atoms with Crippen LogP contribution in [-0.4, -0.2) is 9.97 Å². The minimum Gasteiger partial charge on any atom is -0.464 e. The van der Waals surface area contributed by atoms with E-state index < -0.39 is 0 Å². The van der Waals surface area contributed by atoms with Crippen LogP contribution in [0, 0.1) is 0 Å². The SMILES string of the molecule is c1ccc2c(c1)c1[nH]cnc1c1ccoc21. The summed E-state index contributed by atoms with van der Waals surface area (Å²) in [5, 5.41) is 3.34. The van der Waals surface area contributed by atoms with E-state index in [1.165, 1.54) is 0 Å². The average Bonchev–Trinajstić information content (AvgIpc) is 2.98. The second-order valence-electron chi connectivity index (χ2n) is 3.84. The van der Waals surface area contributed by atoms with E-state index >= 15 is 0 Å². The van der Waals surface area contributed by atoms with Crippen molar-refractivity contribution in [1.29, 1.82) is 0 Å². The molecule has 0 fully saturated rings. The molecule has 1 N–H and O–H groups in total. The van der Waals surface area contributed by atoms with E-state index in [4.69, 9.17) is 4.42 Å². The standard InChI is InChI=1S/C13H8N2O/c1-2-4-9-8(3-1)11-12(15-7-14-11)10-5-6-16-13(9)10/h1-7H,(H,14,15). The number of hydrogen-bond donors (Lipinski definition) is 1. The largest absolute Gasteiger partial charge is 0.464 e. The maximum atomic E-state index is 5.55. The lowest BCUT2D eigenvalue weighted by Gasteiger charge is -2.00. The Bertz CT molecular complexity index is 741. The molecule has 0 aliphatic rings. The van der Waals surface area contributed by atoms with E-state index in [1.54, 1.807) is 12.6 Å². The van der Waals surface area contributed by atoms with Crippen molar-refractivity contribution in [3.63, 3.8) is 0 Å². The number of imidazole rings is 1. The van der Waals surface area contributed by atoms with Crippen LogP contribution in [-0.2, 0) is 0 Å². The van der Waals surface area contributed by atoms with Crippen LogP contribution < -0.4 is 0 Å². The zero-order chi connectivity index (χ0) is 10.5. The topological polar surface area (TPSA) is 41.8 Å². The highest BCUT2D eigenvalue weighted by Gasteiger charge is 2.11. The number of nitrogens with one attached hydrogen (secondary N) is 1. The summed E-state index contributed by atoms with van der Waals surface area (Å²) in [5.41, 5.74) is 2.96. The van der Waals surface area contributed by atoms with Gasteiger partial charge in [-0.1, -0.05) is 24.3 Å². The third kappa shape index (κ3) is 0.810. The summed E-state index contributed by atoms with van der Waals surface area (Å²) >= 11 is 0. The van der Waals surface area contributed by atoms with Crippen molar-refractivity contribution in [2.75, 3.05) is 0 Å². The number of benzene rings is 2. The van der Waals surface area contributed by atoms with Crippen LogP contribution in [0.15, 0.2) is 47.3 Å². The van der Waals surface area contributed by atoms with Crippen LogP contribution in [0.5, 0.6) is 0 Å². The number of furan rings is 1. The van der Waals surface area contributed by atoms with Crippen molar-refractivity contribution in [3.05, 3.63) is 42.9 Å². The number of aromatic amines is 1. The quantitative estimate of drug-likeness (QED) is 0.480. The van der Waals surface area contributed by atoms with Crippen molar-refractivity contribution in [2.45, 2.75) is 0 Å². The minimum atomic E-state index is 0.912. The van der Waals surface area contributed by atoms with Gasteiger partial charge in [0.05, 0.1) is 23.6 Å². The van der Waals surface area contributed by atoms with Crippen LogP contribution in [0.4, 0.5) is 0 Å². The molecule has 0 unspecified atom stereocenters. The Labute approximate surface area is 90.7 Å². The van der Waals surface area contributed by atoms with Gasteiger partial charge in [-0.25, -0.2) is 4.98 Å². The first kappa shape index (κ1) is 7.93. The molecule has 2 aromatic heterocycles. The van der Waals surface area contributed by atoms with Crippen molar-refractivity contribution >= 4 is 32.8 Å². The Morgan fingerprint density at radius 1 is 1.00 bits per heavy atom. The predicted octanol–water partition coefficient (Wildman–Crippen LogP) is 3.46. The summed E-state index contributed by atoms with van der Waals surface area (Å²) in [7, 11) is 0. The number of fused-ring (bicyclic) bond motifs is 6. The molecule has 2 heterocycles. The molecule has 2 aromatic carbocycles. The van der Waals surface area contributed by atoms with Gasteiger partial charge in [0.2, 0.25) is 0 Å².